The Labute approximate surface area is 404 Å². The molecule has 0 aromatic heterocycles. The molecule has 0 radical (unpaired) electrons. The van der Waals surface area contributed by atoms with Crippen LogP contribution in [0.4, 0.5) is 0 Å². The van der Waals surface area contributed by atoms with Gasteiger partial charge in [-0.1, -0.05) is 46.8 Å². The van der Waals surface area contributed by atoms with E-state index >= 15 is 4.79 Å². The van der Waals surface area contributed by atoms with Gasteiger partial charge in [-0.05, 0) is 117 Å². The topological polar surface area (TPSA) is 301 Å². The molecule has 0 bridgehead atoms. The van der Waals surface area contributed by atoms with Crippen LogP contribution in [0.15, 0.2) is 12.2 Å². The number of aliphatic hydroxyl groups is 10. The normalized spacial score (nSPS) is 52.6. The van der Waals surface area contributed by atoms with E-state index in [1.807, 2.05) is 6.92 Å². The molecule has 69 heavy (non-hydrogen) atoms. The highest BCUT2D eigenvalue weighted by Gasteiger charge is 2.73. The molecule has 5 aliphatic carbocycles. The minimum atomic E-state index is -1.95. The SMILES string of the molecule is C=C(C)[C@@H]1CC[C@]2(C(=O)O[C@H]3O[C@H](CO[C@H]4O[C@H](CO)[C@@H](O)[C@H](O)[C@@H]4O)[C@H](O)[C@H](O[C@H]4O[C@H](CO)[C@@H](O)[C@H](O)[C@@H]4O)[C@H]3O)CC[C@]3(C)[C@H](CC[C@@H]4[C@@]5(C)CC[C@H](OC(C)=O)C(C)(C)[C@@H]5CC[C@]43C)[C@@H]12. The molecule has 0 aromatic rings. The van der Waals surface area contributed by atoms with Gasteiger partial charge in [-0.2, -0.15) is 0 Å². The average molecular weight is 985 g/mol. The van der Waals surface area contributed by atoms with Gasteiger partial charge in [0.15, 0.2) is 12.6 Å². The molecular formula is C50H80O19. The summed E-state index contributed by atoms with van der Waals surface area (Å²) in [6.45, 7) is 17.7. The summed E-state index contributed by atoms with van der Waals surface area (Å²) >= 11 is 0. The molecule has 3 saturated heterocycles. The van der Waals surface area contributed by atoms with Crippen molar-refractivity contribution in [3.05, 3.63) is 12.2 Å². The Morgan fingerprint density at radius 3 is 1.81 bits per heavy atom. The number of carbonyl (C=O) groups is 2. The van der Waals surface area contributed by atoms with E-state index in [9.17, 15) is 55.9 Å². The summed E-state index contributed by atoms with van der Waals surface area (Å²) in [5, 5.41) is 107. The van der Waals surface area contributed by atoms with Gasteiger partial charge in [0.1, 0.15) is 79.4 Å². The van der Waals surface area contributed by atoms with Crippen molar-refractivity contribution in [3.63, 3.8) is 0 Å². The van der Waals surface area contributed by atoms with E-state index in [-0.39, 0.29) is 51.5 Å². The standard InChI is InChI=1S/C50H80O19/c1-22(2)24-11-16-50(18-17-48(7)25(32(24)50)9-10-30-47(6)14-13-31(64-23(3)53)46(4,5)29(47)12-15-49(30,48)8)45(62)69-44-40(61)41(68-43-39(60)37(58)34(55)27(20-52)66-43)35(56)28(67-44)21-63-42-38(59)36(57)33(54)26(19-51)65-42/h24-44,51-52,54-61H,1,9-21H2,2-8H3/t24-,25+,26+,27+,28+,29-,30+,31-,32+,33+,34+,35-,36-,37-,38-,39-,40+,41-,42-,43+,44+,47-,48+,49+,50-/m0/s1. The van der Waals surface area contributed by atoms with Gasteiger partial charge in [-0.25, -0.2) is 0 Å². The van der Waals surface area contributed by atoms with E-state index in [4.69, 9.17) is 33.2 Å². The van der Waals surface area contributed by atoms with Crippen molar-refractivity contribution < 1.29 is 93.8 Å². The second-order valence-electron chi connectivity index (χ2n) is 23.6. The molecule has 3 heterocycles. The zero-order chi connectivity index (χ0) is 50.5. The van der Waals surface area contributed by atoms with Crippen LogP contribution >= 0.6 is 0 Å². The van der Waals surface area contributed by atoms with Crippen LogP contribution < -0.4 is 0 Å². The van der Waals surface area contributed by atoms with Crippen molar-refractivity contribution in [2.24, 2.45) is 56.7 Å². The third kappa shape index (κ3) is 8.56. The minimum Gasteiger partial charge on any atom is -0.462 e. The Bertz CT molecular complexity index is 1880. The Kier molecular flexibility index (Phi) is 15.0. The molecule has 0 aromatic carbocycles. The van der Waals surface area contributed by atoms with Crippen LogP contribution in [0.5, 0.6) is 0 Å². The molecule has 0 unspecified atom stereocenters. The van der Waals surface area contributed by atoms with Crippen LogP contribution in [0.2, 0.25) is 0 Å². The monoisotopic (exact) mass is 985 g/mol. The lowest BCUT2D eigenvalue weighted by atomic mass is 9.32. The fraction of sp³-hybridized carbons (Fsp3) is 0.920. The second kappa shape index (κ2) is 19.4. The number of hydrogen-bond donors (Lipinski definition) is 10. The molecule has 8 aliphatic rings. The zero-order valence-corrected chi connectivity index (χ0v) is 41.2. The molecule has 25 atom stereocenters. The quantitative estimate of drug-likeness (QED) is 0.1000. The smallest absolute Gasteiger partial charge is 0.314 e. The first-order chi connectivity index (χ1) is 32.3. The lowest BCUT2D eigenvalue weighted by Crippen LogP contribution is -2.67. The van der Waals surface area contributed by atoms with E-state index in [1.54, 1.807) is 0 Å². The number of allylic oxidation sites excluding steroid dienone is 1. The summed E-state index contributed by atoms with van der Waals surface area (Å²) < 4.78 is 41.2. The van der Waals surface area contributed by atoms with Crippen LogP contribution in [0.25, 0.3) is 0 Å². The molecular weight excluding hydrogens is 905 g/mol. The van der Waals surface area contributed by atoms with Crippen LogP contribution in [0.3, 0.4) is 0 Å². The number of rotatable bonds is 11. The van der Waals surface area contributed by atoms with Gasteiger partial charge in [0.25, 0.3) is 0 Å². The highest BCUT2D eigenvalue weighted by molar-refractivity contribution is 5.78. The van der Waals surface area contributed by atoms with Gasteiger partial charge < -0.3 is 84.2 Å². The van der Waals surface area contributed by atoms with Crippen molar-refractivity contribution in [2.45, 2.75) is 211 Å². The summed E-state index contributed by atoms with van der Waals surface area (Å²) in [6.07, 6.45) is -18.1. The van der Waals surface area contributed by atoms with Crippen LogP contribution in [0.1, 0.15) is 113 Å². The first kappa shape index (κ1) is 53.4. The Balaban J connectivity index is 1.07. The summed E-state index contributed by atoms with van der Waals surface area (Å²) in [4.78, 5) is 27.5. The maximum atomic E-state index is 15.3. The fourth-order valence-corrected chi connectivity index (χ4v) is 16.1. The Hall–Kier alpha value is -1.92. The third-order valence-electron chi connectivity index (χ3n) is 20.0. The summed E-state index contributed by atoms with van der Waals surface area (Å²) in [5.74, 6) is -0.169. The van der Waals surface area contributed by atoms with E-state index in [1.165, 1.54) is 6.92 Å². The van der Waals surface area contributed by atoms with Crippen LogP contribution in [-0.2, 0) is 42.7 Å². The molecule has 5 saturated carbocycles. The maximum absolute atomic E-state index is 15.3. The summed E-state index contributed by atoms with van der Waals surface area (Å²) in [7, 11) is 0. The maximum Gasteiger partial charge on any atom is 0.314 e. The fourth-order valence-electron chi connectivity index (χ4n) is 16.1. The van der Waals surface area contributed by atoms with Gasteiger partial charge >= 0.3 is 11.9 Å². The van der Waals surface area contributed by atoms with E-state index in [2.05, 4.69) is 41.2 Å². The van der Waals surface area contributed by atoms with Crippen LogP contribution in [-0.4, -0.2) is 181 Å². The summed E-state index contributed by atoms with van der Waals surface area (Å²) in [6, 6.07) is 0. The van der Waals surface area contributed by atoms with E-state index < -0.39 is 123 Å². The Morgan fingerprint density at radius 1 is 0.594 bits per heavy atom. The molecule has 0 spiro atoms. The van der Waals surface area contributed by atoms with Gasteiger partial charge in [0, 0.05) is 12.3 Å². The second-order valence-corrected chi connectivity index (χ2v) is 23.6. The molecule has 0 amide bonds. The highest BCUT2D eigenvalue weighted by atomic mass is 16.8. The number of fused-ring (bicyclic) bond motifs is 7. The molecule has 394 valence electrons. The largest absolute Gasteiger partial charge is 0.462 e. The van der Waals surface area contributed by atoms with Crippen molar-refractivity contribution in [1.82, 2.24) is 0 Å². The molecule has 8 rings (SSSR count). The predicted molar refractivity (Wildman–Crippen MR) is 240 cm³/mol. The van der Waals surface area contributed by atoms with Crippen molar-refractivity contribution in [3.8, 4) is 0 Å². The molecule has 10 N–H and O–H groups in total. The lowest BCUT2D eigenvalue weighted by molar-refractivity contribution is -0.363. The van der Waals surface area contributed by atoms with Crippen molar-refractivity contribution in [2.75, 3.05) is 19.8 Å². The first-order valence-corrected chi connectivity index (χ1v) is 25.3. The lowest BCUT2D eigenvalue weighted by Gasteiger charge is -2.72. The first-order valence-electron chi connectivity index (χ1n) is 25.3. The van der Waals surface area contributed by atoms with E-state index in [0.29, 0.717) is 31.1 Å². The van der Waals surface area contributed by atoms with Gasteiger partial charge in [-0.3, -0.25) is 9.59 Å². The van der Waals surface area contributed by atoms with Gasteiger partial charge in [-0.15, -0.1) is 0 Å². The number of hydrogen-bond acceptors (Lipinski definition) is 19. The van der Waals surface area contributed by atoms with Crippen LogP contribution in [0, 0.1) is 56.7 Å². The average Bonchev–Trinajstić information content (AvgIpc) is 3.70. The number of esters is 2. The van der Waals surface area contributed by atoms with Gasteiger partial charge in [0.2, 0.25) is 6.29 Å². The van der Waals surface area contributed by atoms with Crippen molar-refractivity contribution in [1.29, 1.82) is 0 Å². The number of aliphatic hydroxyl groups excluding tert-OH is 10. The molecule has 19 heteroatoms. The van der Waals surface area contributed by atoms with Gasteiger partial charge in [0.05, 0.1) is 25.2 Å². The third-order valence-corrected chi connectivity index (χ3v) is 20.0. The number of carbonyl (C=O) groups excluding carboxylic acids is 2. The Morgan fingerprint density at radius 2 is 1.20 bits per heavy atom. The predicted octanol–water partition coefficient (Wildman–Crippen LogP) is 0.567. The molecule has 19 nitrogen and oxygen atoms in total. The molecule has 3 aliphatic heterocycles. The minimum absolute atomic E-state index is 0.00618. The number of ether oxygens (including phenoxy) is 7. The van der Waals surface area contributed by atoms with E-state index in [0.717, 1.165) is 50.5 Å². The summed E-state index contributed by atoms with van der Waals surface area (Å²) in [5.41, 5.74) is -0.485. The zero-order valence-electron chi connectivity index (χ0n) is 41.2. The highest BCUT2D eigenvalue weighted by Crippen LogP contribution is 2.77. The van der Waals surface area contributed by atoms with Crippen molar-refractivity contribution >= 4 is 11.9 Å². The molecule has 8 fully saturated rings.